The second kappa shape index (κ2) is 9.59. The maximum absolute atomic E-state index is 13.5. The van der Waals surface area contributed by atoms with Crippen molar-refractivity contribution in [3.8, 4) is 17.2 Å². The van der Waals surface area contributed by atoms with Crippen molar-refractivity contribution in [2.24, 2.45) is 0 Å². The summed E-state index contributed by atoms with van der Waals surface area (Å²) in [7, 11) is 0. The maximum atomic E-state index is 13.5. The summed E-state index contributed by atoms with van der Waals surface area (Å²) in [6.07, 6.45) is 5.05. The van der Waals surface area contributed by atoms with Crippen LogP contribution in [0.4, 0.5) is 5.69 Å². The van der Waals surface area contributed by atoms with E-state index in [0.29, 0.717) is 17.2 Å². The van der Waals surface area contributed by atoms with Crippen LogP contribution in [0.5, 0.6) is 11.5 Å². The first-order valence-electron chi connectivity index (χ1n) is 11.3. The molecule has 0 atom stereocenters. The Bertz CT molecular complexity index is 1490. The van der Waals surface area contributed by atoms with Gasteiger partial charge in [-0.25, -0.2) is 0 Å². The maximum Gasteiger partial charge on any atom is 0.270 e. The monoisotopic (exact) mass is 494 g/mol. The Morgan fingerprint density at radius 3 is 2.25 bits per heavy atom. The van der Waals surface area contributed by atoms with E-state index in [2.05, 4.69) is 10.3 Å². The average Bonchev–Trinajstić information content (AvgIpc) is 3.16. The highest BCUT2D eigenvalue weighted by Crippen LogP contribution is 2.28. The molecule has 5 rings (SSSR count). The molecule has 7 nitrogen and oxygen atoms in total. The number of rotatable bonds is 5. The fraction of sp³-hybridized carbons (Fsp3) is 0.0714. The minimum Gasteiger partial charge on any atom is -0.457 e. The minimum atomic E-state index is -0.529. The topological polar surface area (TPSA) is 76.5 Å². The summed E-state index contributed by atoms with van der Waals surface area (Å²) in [5.74, 6) is 0.300. The zero-order valence-corrected chi connectivity index (χ0v) is 20.5. The standard InChI is InChI=1S/C28H22N4O3S/c1-18-16-20(19(2)31(18)22-12-14-29-15-13-22)17-25-26(33)30-28(36)32(27(25)34)21-8-10-24(11-9-21)35-23-6-4-3-5-7-23/h3-17H,1-2H3,(H,30,33,36). The number of carbonyl (C=O) groups is 2. The third-order valence-corrected chi connectivity index (χ3v) is 6.15. The SMILES string of the molecule is Cc1cc(C=C2C(=O)NC(=S)N(c3ccc(Oc4ccccc4)cc3)C2=O)c(C)n1-c1ccncc1. The summed E-state index contributed by atoms with van der Waals surface area (Å²) in [5.41, 5.74) is 4.11. The lowest BCUT2D eigenvalue weighted by atomic mass is 10.1. The van der Waals surface area contributed by atoms with Crippen LogP contribution in [0.3, 0.4) is 0 Å². The number of nitrogens with one attached hydrogen (secondary N) is 1. The number of aromatic nitrogens is 2. The Labute approximate surface area is 213 Å². The van der Waals surface area contributed by atoms with E-state index in [4.69, 9.17) is 17.0 Å². The van der Waals surface area contributed by atoms with Crippen LogP contribution in [0.1, 0.15) is 17.0 Å². The Morgan fingerprint density at radius 1 is 0.889 bits per heavy atom. The van der Waals surface area contributed by atoms with Crippen molar-refractivity contribution < 1.29 is 14.3 Å². The molecular weight excluding hydrogens is 472 g/mol. The molecule has 0 aliphatic carbocycles. The molecule has 2 aromatic carbocycles. The second-order valence-corrected chi connectivity index (χ2v) is 8.62. The van der Waals surface area contributed by atoms with Crippen molar-refractivity contribution in [1.29, 1.82) is 0 Å². The van der Waals surface area contributed by atoms with E-state index in [1.807, 2.05) is 66.9 Å². The van der Waals surface area contributed by atoms with Gasteiger partial charge in [0, 0.05) is 29.5 Å². The number of carbonyl (C=O) groups excluding carboxylic acids is 2. The molecule has 2 aromatic heterocycles. The summed E-state index contributed by atoms with van der Waals surface area (Å²) >= 11 is 5.34. The number of benzene rings is 2. The first-order valence-corrected chi connectivity index (χ1v) is 11.7. The second-order valence-electron chi connectivity index (χ2n) is 8.23. The molecule has 3 heterocycles. The third-order valence-electron chi connectivity index (χ3n) is 5.87. The Morgan fingerprint density at radius 2 is 1.56 bits per heavy atom. The minimum absolute atomic E-state index is 0.00295. The summed E-state index contributed by atoms with van der Waals surface area (Å²) < 4.78 is 7.88. The van der Waals surface area contributed by atoms with Gasteiger partial charge in [0.25, 0.3) is 11.8 Å². The molecule has 1 aliphatic heterocycles. The highest BCUT2D eigenvalue weighted by atomic mass is 32.1. The Hall–Kier alpha value is -4.56. The fourth-order valence-electron chi connectivity index (χ4n) is 4.16. The van der Waals surface area contributed by atoms with Crippen LogP contribution >= 0.6 is 12.2 Å². The number of ether oxygens (including phenoxy) is 1. The van der Waals surface area contributed by atoms with E-state index in [0.717, 1.165) is 22.6 Å². The van der Waals surface area contributed by atoms with Gasteiger partial charge in [0.15, 0.2) is 5.11 Å². The van der Waals surface area contributed by atoms with Gasteiger partial charge in [-0.1, -0.05) is 18.2 Å². The van der Waals surface area contributed by atoms with Crippen molar-refractivity contribution in [3.63, 3.8) is 0 Å². The fourth-order valence-corrected chi connectivity index (χ4v) is 4.44. The highest BCUT2D eigenvalue weighted by Gasteiger charge is 2.34. The van der Waals surface area contributed by atoms with Crippen LogP contribution < -0.4 is 15.0 Å². The smallest absolute Gasteiger partial charge is 0.270 e. The average molecular weight is 495 g/mol. The van der Waals surface area contributed by atoms with E-state index in [-0.39, 0.29) is 10.7 Å². The molecule has 2 amide bonds. The van der Waals surface area contributed by atoms with Gasteiger partial charge >= 0.3 is 0 Å². The van der Waals surface area contributed by atoms with Crippen LogP contribution in [0.15, 0.2) is 90.8 Å². The highest BCUT2D eigenvalue weighted by molar-refractivity contribution is 7.80. The van der Waals surface area contributed by atoms with Crippen molar-refractivity contribution >= 4 is 40.9 Å². The zero-order chi connectivity index (χ0) is 25.2. The van der Waals surface area contributed by atoms with Crippen LogP contribution in [-0.2, 0) is 9.59 Å². The van der Waals surface area contributed by atoms with Gasteiger partial charge in [0.05, 0.1) is 5.69 Å². The molecule has 1 N–H and O–H groups in total. The molecule has 1 aliphatic rings. The van der Waals surface area contributed by atoms with Crippen molar-refractivity contribution in [2.45, 2.75) is 13.8 Å². The number of hydrogen-bond donors (Lipinski definition) is 1. The van der Waals surface area contributed by atoms with Gasteiger partial charge in [-0.2, -0.15) is 0 Å². The van der Waals surface area contributed by atoms with E-state index in [9.17, 15) is 9.59 Å². The van der Waals surface area contributed by atoms with Gasteiger partial charge in [0.1, 0.15) is 17.1 Å². The van der Waals surface area contributed by atoms with Crippen LogP contribution in [0, 0.1) is 13.8 Å². The molecule has 0 saturated carbocycles. The van der Waals surface area contributed by atoms with Gasteiger partial charge in [-0.15, -0.1) is 0 Å². The molecule has 178 valence electrons. The number of amides is 2. The largest absolute Gasteiger partial charge is 0.457 e. The first-order chi connectivity index (χ1) is 17.4. The summed E-state index contributed by atoms with van der Waals surface area (Å²) in [4.78, 5) is 31.6. The number of hydrogen-bond acceptors (Lipinski definition) is 5. The van der Waals surface area contributed by atoms with Crippen molar-refractivity contribution in [2.75, 3.05) is 4.90 Å². The van der Waals surface area contributed by atoms with Crippen molar-refractivity contribution in [3.05, 3.63) is 108 Å². The molecule has 0 bridgehead atoms. The molecule has 8 heteroatoms. The van der Waals surface area contributed by atoms with E-state index < -0.39 is 11.8 Å². The van der Waals surface area contributed by atoms with Gasteiger partial charge in [0.2, 0.25) is 0 Å². The molecule has 0 unspecified atom stereocenters. The van der Waals surface area contributed by atoms with E-state index in [1.165, 1.54) is 4.90 Å². The Balaban J connectivity index is 1.44. The lowest BCUT2D eigenvalue weighted by molar-refractivity contribution is -0.122. The van der Waals surface area contributed by atoms with Gasteiger partial charge < -0.3 is 9.30 Å². The molecule has 1 fully saturated rings. The summed E-state index contributed by atoms with van der Waals surface area (Å²) in [5, 5.41) is 2.67. The number of anilines is 1. The molecule has 1 saturated heterocycles. The van der Waals surface area contributed by atoms with Gasteiger partial charge in [-0.05, 0) is 92.3 Å². The third kappa shape index (κ3) is 4.42. The first kappa shape index (κ1) is 23.2. The van der Waals surface area contributed by atoms with Gasteiger partial charge in [-0.3, -0.25) is 24.8 Å². The normalized spacial score (nSPS) is 14.8. The number of thiocarbonyl (C=S) groups is 1. The predicted octanol–water partition coefficient (Wildman–Crippen LogP) is 5.11. The molecule has 36 heavy (non-hydrogen) atoms. The van der Waals surface area contributed by atoms with Crippen molar-refractivity contribution in [1.82, 2.24) is 14.9 Å². The summed E-state index contributed by atoms with van der Waals surface area (Å²) in [6, 6.07) is 22.1. The van der Waals surface area contributed by atoms with Crippen LogP contribution in [0.25, 0.3) is 11.8 Å². The predicted molar refractivity (Wildman–Crippen MR) is 142 cm³/mol. The zero-order valence-electron chi connectivity index (χ0n) is 19.6. The lowest BCUT2D eigenvalue weighted by Gasteiger charge is -2.29. The van der Waals surface area contributed by atoms with E-state index in [1.54, 1.807) is 42.7 Å². The molecule has 0 radical (unpaired) electrons. The Kier molecular flexibility index (Phi) is 6.18. The number of aryl methyl sites for hydroxylation is 1. The summed E-state index contributed by atoms with van der Waals surface area (Å²) in [6.45, 7) is 3.91. The molecular formula is C28H22N4O3S. The van der Waals surface area contributed by atoms with Crippen LogP contribution in [0.2, 0.25) is 0 Å². The van der Waals surface area contributed by atoms with E-state index >= 15 is 0 Å². The quantitative estimate of drug-likeness (QED) is 0.237. The molecule has 0 spiro atoms. The molecule has 4 aromatic rings. The van der Waals surface area contributed by atoms with Crippen LogP contribution in [-0.4, -0.2) is 26.5 Å². The number of para-hydroxylation sites is 1. The number of pyridine rings is 1. The number of nitrogens with zero attached hydrogens (tertiary/aromatic N) is 3. The lowest BCUT2D eigenvalue weighted by Crippen LogP contribution is -2.54.